The molecule has 0 aliphatic carbocycles. The fourth-order valence-electron chi connectivity index (χ4n) is 0.971. The lowest BCUT2D eigenvalue weighted by Gasteiger charge is -1.95. The second kappa shape index (κ2) is 2.74. The molecule has 0 saturated heterocycles. The Labute approximate surface area is 86.8 Å². The summed E-state index contributed by atoms with van der Waals surface area (Å²) in [7, 11) is 0. The first-order chi connectivity index (χ1) is 5.70. The van der Waals surface area contributed by atoms with E-state index in [1.807, 2.05) is 6.07 Å². The summed E-state index contributed by atoms with van der Waals surface area (Å²) in [5, 5.41) is 1.22. The molecular weight excluding hydrogens is 290 g/mol. The maximum absolute atomic E-state index is 5.82. The summed E-state index contributed by atoms with van der Waals surface area (Å²) >= 11 is 7.92. The van der Waals surface area contributed by atoms with Gasteiger partial charge in [0, 0.05) is 0 Å². The number of fused-ring (bicyclic) bond motifs is 1. The largest absolute Gasteiger partial charge is 0.337 e. The normalized spacial score (nSPS) is 10.8. The number of hydrogen-bond donors (Lipinski definition) is 1. The van der Waals surface area contributed by atoms with E-state index < -0.39 is 0 Å². The Morgan fingerprint density at radius 1 is 1.50 bits per heavy atom. The molecule has 2 N–H and O–H groups in total. The number of nitrogens with two attached hydrogens (primary N) is 1. The van der Waals surface area contributed by atoms with Crippen LogP contribution in [0.5, 0.6) is 0 Å². The van der Waals surface area contributed by atoms with Crippen LogP contribution in [0, 0.1) is 3.70 Å². The van der Waals surface area contributed by atoms with Gasteiger partial charge in [0.1, 0.15) is 15.2 Å². The number of hydrogen-bond acceptors (Lipinski definition) is 3. The molecule has 0 unspecified atom stereocenters. The van der Waals surface area contributed by atoms with E-state index in [1.54, 1.807) is 0 Å². The average molecular weight is 294 g/mol. The Morgan fingerprint density at radius 2 is 2.25 bits per heavy atom. The monoisotopic (exact) mass is 294 g/mol. The predicted molar refractivity (Wildman–Crippen MR) is 55.4 cm³/mol. The Kier molecular flexibility index (Phi) is 1.84. The third kappa shape index (κ3) is 1.04. The summed E-state index contributed by atoms with van der Waals surface area (Å²) in [5.41, 5.74) is 0.652. The van der Waals surface area contributed by atoms with Crippen molar-refractivity contribution in [1.82, 2.24) is 14.6 Å². The van der Waals surface area contributed by atoms with E-state index in [9.17, 15) is 0 Å². The molecule has 0 aliphatic rings. The minimum atomic E-state index is 0.433. The Bertz CT molecular complexity index is 438. The van der Waals surface area contributed by atoms with Crippen molar-refractivity contribution in [1.29, 1.82) is 0 Å². The van der Waals surface area contributed by atoms with Crippen LogP contribution in [0.1, 0.15) is 0 Å². The molecule has 2 aromatic heterocycles. The van der Waals surface area contributed by atoms with Crippen LogP contribution in [0.25, 0.3) is 11.0 Å². The highest BCUT2D eigenvalue weighted by molar-refractivity contribution is 14.1. The quantitative estimate of drug-likeness (QED) is 0.454. The van der Waals surface area contributed by atoms with Crippen molar-refractivity contribution in [3.8, 4) is 0 Å². The van der Waals surface area contributed by atoms with Crippen LogP contribution in [0.3, 0.4) is 0 Å². The summed E-state index contributed by atoms with van der Waals surface area (Å²) in [6.07, 6.45) is 1.39. The van der Waals surface area contributed by atoms with E-state index in [2.05, 4.69) is 32.6 Å². The van der Waals surface area contributed by atoms with Gasteiger partial charge in [-0.1, -0.05) is 11.6 Å². The van der Waals surface area contributed by atoms with E-state index in [1.165, 1.54) is 11.0 Å². The number of halogens is 2. The molecule has 2 aromatic rings. The van der Waals surface area contributed by atoms with Gasteiger partial charge in [0.05, 0.1) is 5.39 Å². The Balaban J connectivity index is 2.95. The second-order valence-electron chi connectivity index (χ2n) is 2.24. The molecule has 2 rings (SSSR count). The SMILES string of the molecule is Nn1c(I)cc2c(Cl)ncnc21. The fraction of sp³-hybridized carbons (Fsp3) is 0. The van der Waals surface area contributed by atoms with Crippen LogP contribution in [0.15, 0.2) is 12.4 Å². The molecule has 0 amide bonds. The van der Waals surface area contributed by atoms with Gasteiger partial charge in [-0.25, -0.2) is 14.6 Å². The third-order valence-electron chi connectivity index (χ3n) is 1.54. The predicted octanol–water partition coefficient (Wildman–Crippen LogP) is 1.40. The molecule has 0 bridgehead atoms. The van der Waals surface area contributed by atoms with Gasteiger partial charge in [-0.05, 0) is 28.7 Å². The van der Waals surface area contributed by atoms with Gasteiger partial charge < -0.3 is 5.84 Å². The molecule has 0 aromatic carbocycles. The molecule has 0 saturated carbocycles. The second-order valence-corrected chi connectivity index (χ2v) is 3.70. The van der Waals surface area contributed by atoms with Crippen molar-refractivity contribution >= 4 is 45.2 Å². The van der Waals surface area contributed by atoms with Crippen LogP contribution < -0.4 is 5.84 Å². The molecule has 0 spiro atoms. The van der Waals surface area contributed by atoms with E-state index in [0.29, 0.717) is 10.8 Å². The first-order valence-corrected chi connectivity index (χ1v) is 4.58. The van der Waals surface area contributed by atoms with Crippen LogP contribution >= 0.6 is 34.2 Å². The third-order valence-corrected chi connectivity index (χ3v) is 2.67. The van der Waals surface area contributed by atoms with Gasteiger partial charge in [0.2, 0.25) is 0 Å². The molecule has 0 atom stereocenters. The standard InChI is InChI=1S/C6H4ClIN4/c7-5-3-1-4(8)12(9)6(3)11-2-10-5/h1-2H,9H2. The van der Waals surface area contributed by atoms with Crippen molar-refractivity contribution < 1.29 is 0 Å². The van der Waals surface area contributed by atoms with E-state index in [0.717, 1.165) is 9.09 Å². The van der Waals surface area contributed by atoms with Gasteiger partial charge in [0.15, 0.2) is 5.65 Å². The molecule has 0 fully saturated rings. The molecule has 0 aliphatic heterocycles. The lowest BCUT2D eigenvalue weighted by molar-refractivity contribution is 0.997. The molecule has 4 nitrogen and oxygen atoms in total. The van der Waals surface area contributed by atoms with E-state index >= 15 is 0 Å². The molecular formula is C6H4ClIN4. The molecule has 12 heavy (non-hydrogen) atoms. The fourth-order valence-corrected chi connectivity index (χ4v) is 1.69. The average Bonchev–Trinajstić information content (AvgIpc) is 2.32. The van der Waals surface area contributed by atoms with Crippen molar-refractivity contribution in [2.24, 2.45) is 0 Å². The van der Waals surface area contributed by atoms with E-state index in [-0.39, 0.29) is 0 Å². The Morgan fingerprint density at radius 3 is 2.92 bits per heavy atom. The number of rotatable bonds is 0. The molecule has 2 heterocycles. The lowest BCUT2D eigenvalue weighted by atomic mass is 10.4. The first kappa shape index (κ1) is 8.06. The minimum Gasteiger partial charge on any atom is -0.337 e. The summed E-state index contributed by atoms with van der Waals surface area (Å²) < 4.78 is 2.36. The number of nitrogen functional groups attached to an aromatic ring is 1. The van der Waals surface area contributed by atoms with Gasteiger partial charge in [0.25, 0.3) is 0 Å². The van der Waals surface area contributed by atoms with Gasteiger partial charge >= 0.3 is 0 Å². The van der Waals surface area contributed by atoms with E-state index in [4.69, 9.17) is 17.4 Å². The van der Waals surface area contributed by atoms with Crippen LogP contribution in [-0.4, -0.2) is 14.6 Å². The zero-order chi connectivity index (χ0) is 8.72. The van der Waals surface area contributed by atoms with Crippen molar-refractivity contribution in [3.63, 3.8) is 0 Å². The van der Waals surface area contributed by atoms with Crippen LogP contribution in [0.4, 0.5) is 0 Å². The first-order valence-electron chi connectivity index (χ1n) is 3.12. The van der Waals surface area contributed by atoms with Crippen molar-refractivity contribution in [2.75, 3.05) is 5.84 Å². The maximum Gasteiger partial charge on any atom is 0.164 e. The van der Waals surface area contributed by atoms with Crippen LogP contribution in [-0.2, 0) is 0 Å². The van der Waals surface area contributed by atoms with Gasteiger partial charge in [-0.15, -0.1) is 0 Å². The summed E-state index contributed by atoms with van der Waals surface area (Å²) in [4.78, 5) is 7.84. The summed E-state index contributed by atoms with van der Waals surface area (Å²) in [6.45, 7) is 0. The van der Waals surface area contributed by atoms with Crippen molar-refractivity contribution in [3.05, 3.63) is 21.2 Å². The smallest absolute Gasteiger partial charge is 0.164 e. The van der Waals surface area contributed by atoms with Crippen molar-refractivity contribution in [2.45, 2.75) is 0 Å². The van der Waals surface area contributed by atoms with Crippen LogP contribution in [0.2, 0.25) is 5.15 Å². The molecule has 0 radical (unpaired) electrons. The highest BCUT2D eigenvalue weighted by Crippen LogP contribution is 2.22. The lowest BCUT2D eigenvalue weighted by Crippen LogP contribution is -2.10. The summed E-state index contributed by atoms with van der Waals surface area (Å²) in [6, 6.07) is 1.85. The molecule has 6 heteroatoms. The van der Waals surface area contributed by atoms with Gasteiger partial charge in [-0.2, -0.15) is 0 Å². The Hall–Kier alpha value is -0.560. The highest BCUT2D eigenvalue weighted by Gasteiger charge is 2.08. The number of nitrogens with zero attached hydrogens (tertiary/aromatic N) is 3. The molecule has 62 valence electrons. The minimum absolute atomic E-state index is 0.433. The zero-order valence-electron chi connectivity index (χ0n) is 5.83. The maximum atomic E-state index is 5.82. The number of aromatic nitrogens is 3. The summed E-state index contributed by atoms with van der Waals surface area (Å²) in [5.74, 6) is 5.67. The zero-order valence-corrected chi connectivity index (χ0v) is 8.74. The topological polar surface area (TPSA) is 56.7 Å². The highest BCUT2D eigenvalue weighted by atomic mass is 127. The van der Waals surface area contributed by atoms with Gasteiger partial charge in [-0.3, -0.25) is 0 Å².